The van der Waals surface area contributed by atoms with Gasteiger partial charge in [0.1, 0.15) is 6.61 Å². The monoisotopic (exact) mass is 345 g/mol. The molecule has 19 heavy (non-hydrogen) atoms. The van der Waals surface area contributed by atoms with Crippen LogP contribution in [-0.4, -0.2) is 31.1 Å². The van der Waals surface area contributed by atoms with Crippen LogP contribution in [0.15, 0.2) is 16.6 Å². The van der Waals surface area contributed by atoms with E-state index in [9.17, 15) is 0 Å². The van der Waals surface area contributed by atoms with Crippen LogP contribution < -0.4 is 4.74 Å². The van der Waals surface area contributed by atoms with Crippen LogP contribution in [0.25, 0.3) is 0 Å². The topological polar surface area (TPSA) is 12.5 Å². The second-order valence-corrected chi connectivity index (χ2v) is 6.69. The van der Waals surface area contributed by atoms with Gasteiger partial charge in [-0.25, -0.2) is 0 Å². The maximum absolute atomic E-state index is 6.21. The van der Waals surface area contributed by atoms with E-state index in [0.29, 0.717) is 11.6 Å². The lowest BCUT2D eigenvalue weighted by molar-refractivity contribution is 0.160. The van der Waals surface area contributed by atoms with Crippen molar-refractivity contribution in [2.75, 3.05) is 26.2 Å². The lowest BCUT2D eigenvalue weighted by Gasteiger charge is -2.30. The van der Waals surface area contributed by atoms with E-state index in [1.807, 2.05) is 19.1 Å². The number of benzene rings is 1. The van der Waals surface area contributed by atoms with Crippen LogP contribution in [0.2, 0.25) is 5.02 Å². The maximum atomic E-state index is 6.21. The Morgan fingerprint density at radius 3 is 2.68 bits per heavy atom. The molecule has 0 spiro atoms. The fraction of sp³-hybridized carbons (Fsp3) is 0.600. The highest BCUT2D eigenvalue weighted by atomic mass is 79.9. The van der Waals surface area contributed by atoms with E-state index in [0.717, 1.165) is 28.2 Å². The Kier molecular flexibility index (Phi) is 5.55. The Labute approximate surface area is 129 Å². The number of hydrogen-bond donors (Lipinski definition) is 0. The zero-order chi connectivity index (χ0) is 13.8. The van der Waals surface area contributed by atoms with Gasteiger partial charge in [-0.3, -0.25) is 4.90 Å². The van der Waals surface area contributed by atoms with Crippen LogP contribution in [0, 0.1) is 12.8 Å². The first-order valence-electron chi connectivity index (χ1n) is 6.87. The molecule has 1 saturated heterocycles. The third kappa shape index (κ3) is 4.37. The van der Waals surface area contributed by atoms with Gasteiger partial charge in [0.15, 0.2) is 5.75 Å². The molecule has 0 N–H and O–H groups in total. The minimum atomic E-state index is 0.680. The van der Waals surface area contributed by atoms with Crippen molar-refractivity contribution < 1.29 is 4.74 Å². The van der Waals surface area contributed by atoms with Crippen molar-refractivity contribution in [1.29, 1.82) is 0 Å². The number of halogens is 2. The molecule has 1 fully saturated rings. The second-order valence-electron chi connectivity index (χ2n) is 5.43. The van der Waals surface area contributed by atoms with Crippen molar-refractivity contribution in [3.8, 4) is 5.75 Å². The first kappa shape index (κ1) is 15.1. The third-order valence-electron chi connectivity index (χ3n) is 3.67. The molecule has 0 bridgehead atoms. The lowest BCUT2D eigenvalue weighted by Crippen LogP contribution is -2.35. The number of ether oxygens (including phenoxy) is 1. The van der Waals surface area contributed by atoms with Gasteiger partial charge in [-0.15, -0.1) is 0 Å². The van der Waals surface area contributed by atoms with E-state index in [-0.39, 0.29) is 0 Å². The molecular weight excluding hydrogens is 326 g/mol. The highest BCUT2D eigenvalue weighted by Crippen LogP contribution is 2.34. The highest BCUT2D eigenvalue weighted by molar-refractivity contribution is 9.10. The van der Waals surface area contributed by atoms with Crippen molar-refractivity contribution in [2.24, 2.45) is 5.92 Å². The number of likely N-dealkylation sites (tertiary alicyclic amines) is 1. The van der Waals surface area contributed by atoms with Crippen LogP contribution >= 0.6 is 27.5 Å². The summed E-state index contributed by atoms with van der Waals surface area (Å²) in [5, 5.41) is 0.680. The zero-order valence-electron chi connectivity index (χ0n) is 11.6. The molecule has 4 heteroatoms. The molecule has 0 amide bonds. The molecule has 0 radical (unpaired) electrons. The molecule has 1 aromatic rings. The SMILES string of the molecule is Cc1cc(Cl)c(OCCN2CCC(C)CC2)c(Br)c1. The Balaban J connectivity index is 1.83. The molecule has 0 aliphatic carbocycles. The number of piperidine rings is 1. The quantitative estimate of drug-likeness (QED) is 0.794. The molecule has 1 aliphatic heterocycles. The van der Waals surface area contributed by atoms with Crippen molar-refractivity contribution in [2.45, 2.75) is 26.7 Å². The van der Waals surface area contributed by atoms with Gasteiger partial charge in [-0.05, 0) is 72.4 Å². The first-order chi connectivity index (χ1) is 9.06. The summed E-state index contributed by atoms with van der Waals surface area (Å²) >= 11 is 9.72. The third-order valence-corrected chi connectivity index (χ3v) is 4.54. The molecule has 1 heterocycles. The Bertz CT molecular complexity index is 407. The number of rotatable bonds is 4. The number of hydrogen-bond acceptors (Lipinski definition) is 2. The summed E-state index contributed by atoms with van der Waals surface area (Å²) in [6, 6.07) is 3.97. The van der Waals surface area contributed by atoms with Crippen LogP contribution in [-0.2, 0) is 0 Å². The van der Waals surface area contributed by atoms with E-state index in [2.05, 4.69) is 27.8 Å². The smallest absolute Gasteiger partial charge is 0.152 e. The van der Waals surface area contributed by atoms with Gasteiger partial charge in [0, 0.05) is 6.54 Å². The average molecular weight is 347 g/mol. The number of aryl methyl sites for hydroxylation is 1. The predicted octanol–water partition coefficient (Wildman–Crippen LogP) is 4.52. The van der Waals surface area contributed by atoms with E-state index in [1.165, 1.54) is 25.9 Å². The fourth-order valence-corrected chi connectivity index (χ4v) is 3.52. The second kappa shape index (κ2) is 6.96. The van der Waals surface area contributed by atoms with E-state index in [4.69, 9.17) is 16.3 Å². The first-order valence-corrected chi connectivity index (χ1v) is 8.04. The van der Waals surface area contributed by atoms with Crippen LogP contribution in [0.5, 0.6) is 5.75 Å². The molecule has 0 aromatic heterocycles. The summed E-state index contributed by atoms with van der Waals surface area (Å²) in [6.07, 6.45) is 2.60. The summed E-state index contributed by atoms with van der Waals surface area (Å²) in [4.78, 5) is 2.47. The summed E-state index contributed by atoms with van der Waals surface area (Å²) in [6.45, 7) is 8.39. The van der Waals surface area contributed by atoms with Crippen molar-refractivity contribution in [3.05, 3.63) is 27.2 Å². The Morgan fingerprint density at radius 2 is 2.05 bits per heavy atom. The van der Waals surface area contributed by atoms with Gasteiger partial charge >= 0.3 is 0 Å². The maximum Gasteiger partial charge on any atom is 0.152 e. The van der Waals surface area contributed by atoms with Crippen LogP contribution in [0.3, 0.4) is 0 Å². The fourth-order valence-electron chi connectivity index (χ4n) is 2.39. The van der Waals surface area contributed by atoms with Crippen LogP contribution in [0.1, 0.15) is 25.3 Å². The van der Waals surface area contributed by atoms with Crippen molar-refractivity contribution in [1.82, 2.24) is 4.90 Å². The average Bonchev–Trinajstić information content (AvgIpc) is 2.34. The van der Waals surface area contributed by atoms with Gasteiger partial charge in [0.2, 0.25) is 0 Å². The van der Waals surface area contributed by atoms with Gasteiger partial charge in [-0.1, -0.05) is 18.5 Å². The normalized spacial score (nSPS) is 17.7. The molecule has 0 unspecified atom stereocenters. The molecule has 0 saturated carbocycles. The molecule has 2 nitrogen and oxygen atoms in total. The summed E-state index contributed by atoms with van der Waals surface area (Å²) in [5.74, 6) is 1.63. The van der Waals surface area contributed by atoms with E-state index >= 15 is 0 Å². The minimum Gasteiger partial charge on any atom is -0.490 e. The predicted molar refractivity (Wildman–Crippen MR) is 84.2 cm³/mol. The molecule has 106 valence electrons. The van der Waals surface area contributed by atoms with Gasteiger partial charge in [0.05, 0.1) is 9.50 Å². The van der Waals surface area contributed by atoms with E-state index in [1.54, 1.807) is 0 Å². The largest absolute Gasteiger partial charge is 0.490 e. The van der Waals surface area contributed by atoms with Gasteiger partial charge < -0.3 is 4.74 Å². The van der Waals surface area contributed by atoms with Crippen molar-refractivity contribution in [3.63, 3.8) is 0 Å². The summed E-state index contributed by atoms with van der Waals surface area (Å²) in [7, 11) is 0. The summed E-state index contributed by atoms with van der Waals surface area (Å²) < 4.78 is 6.77. The zero-order valence-corrected chi connectivity index (χ0v) is 13.9. The van der Waals surface area contributed by atoms with Gasteiger partial charge in [0.25, 0.3) is 0 Å². The molecule has 1 aliphatic rings. The number of nitrogens with zero attached hydrogens (tertiary/aromatic N) is 1. The molecule has 1 aromatic carbocycles. The Hall–Kier alpha value is -0.250. The van der Waals surface area contributed by atoms with Crippen LogP contribution in [0.4, 0.5) is 0 Å². The summed E-state index contributed by atoms with van der Waals surface area (Å²) in [5.41, 5.74) is 1.13. The standard InChI is InChI=1S/C15H21BrClNO/c1-11-3-5-18(6-4-11)7-8-19-15-13(16)9-12(2)10-14(15)17/h9-11H,3-8H2,1-2H3. The highest BCUT2D eigenvalue weighted by Gasteiger charge is 2.15. The lowest BCUT2D eigenvalue weighted by atomic mass is 9.99. The minimum absolute atomic E-state index is 0.680. The molecule has 2 rings (SSSR count). The van der Waals surface area contributed by atoms with E-state index < -0.39 is 0 Å². The molecule has 0 atom stereocenters. The van der Waals surface area contributed by atoms with Gasteiger partial charge in [-0.2, -0.15) is 0 Å². The molecular formula is C15H21BrClNO. The Morgan fingerprint density at radius 1 is 1.37 bits per heavy atom. The van der Waals surface area contributed by atoms with Crippen molar-refractivity contribution >= 4 is 27.5 Å².